The Morgan fingerprint density at radius 2 is 1.95 bits per heavy atom. The lowest BCUT2D eigenvalue weighted by Gasteiger charge is -2.35. The predicted octanol–water partition coefficient (Wildman–Crippen LogP) is 1.22. The lowest BCUT2D eigenvalue weighted by molar-refractivity contribution is -0.121. The second-order valence-electron chi connectivity index (χ2n) is 6.62. The fraction of sp³-hybridized carbons (Fsp3) is 0.938. The van der Waals surface area contributed by atoms with E-state index in [9.17, 15) is 4.79 Å². The van der Waals surface area contributed by atoms with Crippen LogP contribution >= 0.6 is 0 Å². The van der Waals surface area contributed by atoms with E-state index >= 15 is 0 Å². The standard InChI is InChI=1S/C16H33N3O2/c1-13(2)10-15(19-6-8-21-9-7-19)12-18-16(20)5-4-14(3)11-17/h13-15H,4-12,17H2,1-3H3,(H,18,20). The van der Waals surface area contributed by atoms with E-state index in [2.05, 4.69) is 31.0 Å². The number of hydrogen-bond donors (Lipinski definition) is 2. The maximum absolute atomic E-state index is 11.9. The Kier molecular flexibility index (Phi) is 8.88. The van der Waals surface area contributed by atoms with Gasteiger partial charge in [0.25, 0.3) is 0 Å². The summed E-state index contributed by atoms with van der Waals surface area (Å²) in [4.78, 5) is 14.4. The van der Waals surface area contributed by atoms with Crippen LogP contribution in [0.3, 0.4) is 0 Å². The van der Waals surface area contributed by atoms with Gasteiger partial charge in [0.1, 0.15) is 0 Å². The Morgan fingerprint density at radius 1 is 1.29 bits per heavy atom. The zero-order valence-corrected chi connectivity index (χ0v) is 13.9. The highest BCUT2D eigenvalue weighted by atomic mass is 16.5. The molecule has 124 valence electrons. The molecule has 0 spiro atoms. The van der Waals surface area contributed by atoms with E-state index in [0.29, 0.717) is 30.8 Å². The lowest BCUT2D eigenvalue weighted by Crippen LogP contribution is -2.49. The summed E-state index contributed by atoms with van der Waals surface area (Å²) in [6.45, 7) is 11.5. The van der Waals surface area contributed by atoms with Gasteiger partial charge in [0.05, 0.1) is 13.2 Å². The third-order valence-electron chi connectivity index (χ3n) is 4.11. The van der Waals surface area contributed by atoms with Gasteiger partial charge in [0.15, 0.2) is 0 Å². The van der Waals surface area contributed by atoms with E-state index in [1.807, 2.05) is 0 Å². The second kappa shape index (κ2) is 10.1. The number of nitrogens with one attached hydrogen (secondary N) is 1. The molecule has 1 saturated heterocycles. The number of rotatable bonds is 9. The van der Waals surface area contributed by atoms with Crippen LogP contribution in [0.25, 0.3) is 0 Å². The molecular formula is C16H33N3O2. The lowest BCUT2D eigenvalue weighted by atomic mass is 10.0. The highest BCUT2D eigenvalue weighted by Gasteiger charge is 2.22. The first kappa shape index (κ1) is 18.4. The van der Waals surface area contributed by atoms with Gasteiger partial charge in [0.2, 0.25) is 5.91 Å². The van der Waals surface area contributed by atoms with Gasteiger partial charge in [-0.05, 0) is 31.2 Å². The van der Waals surface area contributed by atoms with Crippen LogP contribution in [0, 0.1) is 11.8 Å². The first-order chi connectivity index (χ1) is 10.0. The minimum Gasteiger partial charge on any atom is -0.379 e. The summed E-state index contributed by atoms with van der Waals surface area (Å²) < 4.78 is 5.42. The Bertz CT molecular complexity index is 291. The fourth-order valence-electron chi connectivity index (χ4n) is 2.66. The second-order valence-corrected chi connectivity index (χ2v) is 6.62. The number of morpholine rings is 1. The van der Waals surface area contributed by atoms with Gasteiger partial charge in [-0.15, -0.1) is 0 Å². The summed E-state index contributed by atoms with van der Waals surface area (Å²) in [6, 6.07) is 0.421. The van der Waals surface area contributed by atoms with E-state index in [-0.39, 0.29) is 5.91 Å². The molecule has 0 aromatic rings. The number of carbonyl (C=O) groups is 1. The molecule has 2 atom stereocenters. The quantitative estimate of drug-likeness (QED) is 0.672. The Hall–Kier alpha value is -0.650. The van der Waals surface area contributed by atoms with Crippen molar-refractivity contribution in [2.75, 3.05) is 39.4 Å². The summed E-state index contributed by atoms with van der Waals surface area (Å²) in [5.41, 5.74) is 5.58. The van der Waals surface area contributed by atoms with Crippen LogP contribution in [-0.4, -0.2) is 56.2 Å². The number of nitrogens with zero attached hydrogens (tertiary/aromatic N) is 1. The summed E-state index contributed by atoms with van der Waals surface area (Å²) in [5.74, 6) is 1.20. The van der Waals surface area contributed by atoms with E-state index in [4.69, 9.17) is 10.5 Å². The molecule has 1 aliphatic rings. The third kappa shape index (κ3) is 7.79. The average molecular weight is 299 g/mol. The largest absolute Gasteiger partial charge is 0.379 e. The van der Waals surface area contributed by atoms with Crippen LogP contribution in [0.15, 0.2) is 0 Å². The van der Waals surface area contributed by atoms with Crippen LogP contribution in [0.2, 0.25) is 0 Å². The molecule has 0 aliphatic carbocycles. The smallest absolute Gasteiger partial charge is 0.220 e. The van der Waals surface area contributed by atoms with Crippen molar-refractivity contribution in [2.24, 2.45) is 17.6 Å². The van der Waals surface area contributed by atoms with E-state index < -0.39 is 0 Å². The molecule has 0 aromatic carbocycles. The fourth-order valence-corrected chi connectivity index (χ4v) is 2.66. The van der Waals surface area contributed by atoms with Crippen LogP contribution in [0.5, 0.6) is 0 Å². The summed E-state index contributed by atoms with van der Waals surface area (Å²) in [7, 11) is 0. The van der Waals surface area contributed by atoms with Gasteiger partial charge in [0, 0.05) is 32.1 Å². The molecule has 21 heavy (non-hydrogen) atoms. The average Bonchev–Trinajstić information content (AvgIpc) is 2.49. The van der Waals surface area contributed by atoms with Gasteiger partial charge in [-0.25, -0.2) is 0 Å². The summed E-state index contributed by atoms with van der Waals surface area (Å²) in [6.07, 6.45) is 2.56. The van der Waals surface area contributed by atoms with Crippen molar-refractivity contribution in [3.05, 3.63) is 0 Å². The summed E-state index contributed by atoms with van der Waals surface area (Å²) >= 11 is 0. The maximum atomic E-state index is 11.9. The van der Waals surface area contributed by atoms with Crippen molar-refractivity contribution in [3.63, 3.8) is 0 Å². The number of amides is 1. The van der Waals surface area contributed by atoms with Crippen molar-refractivity contribution in [2.45, 2.75) is 46.1 Å². The zero-order chi connectivity index (χ0) is 15.7. The number of carbonyl (C=O) groups excluding carboxylic acids is 1. The van der Waals surface area contributed by atoms with Crippen LogP contribution in [0.4, 0.5) is 0 Å². The highest BCUT2D eigenvalue weighted by molar-refractivity contribution is 5.75. The predicted molar refractivity (Wildman–Crippen MR) is 86.1 cm³/mol. The van der Waals surface area contributed by atoms with Gasteiger partial charge < -0.3 is 15.8 Å². The minimum atomic E-state index is 0.150. The molecule has 0 saturated carbocycles. The number of ether oxygens (including phenoxy) is 1. The number of nitrogens with two attached hydrogens (primary N) is 1. The first-order valence-electron chi connectivity index (χ1n) is 8.31. The molecule has 0 bridgehead atoms. The van der Waals surface area contributed by atoms with Crippen molar-refractivity contribution in [1.29, 1.82) is 0 Å². The molecule has 1 rings (SSSR count). The van der Waals surface area contributed by atoms with E-state index in [1.165, 1.54) is 0 Å². The molecule has 5 heteroatoms. The molecular weight excluding hydrogens is 266 g/mol. The topological polar surface area (TPSA) is 67.6 Å². The highest BCUT2D eigenvalue weighted by Crippen LogP contribution is 2.13. The van der Waals surface area contributed by atoms with Crippen molar-refractivity contribution in [3.8, 4) is 0 Å². The van der Waals surface area contributed by atoms with Gasteiger partial charge >= 0.3 is 0 Å². The van der Waals surface area contributed by atoms with Crippen LogP contribution in [0.1, 0.15) is 40.0 Å². The van der Waals surface area contributed by atoms with Crippen LogP contribution < -0.4 is 11.1 Å². The van der Waals surface area contributed by atoms with Crippen molar-refractivity contribution < 1.29 is 9.53 Å². The third-order valence-corrected chi connectivity index (χ3v) is 4.11. The minimum absolute atomic E-state index is 0.150. The molecule has 1 amide bonds. The molecule has 5 nitrogen and oxygen atoms in total. The maximum Gasteiger partial charge on any atom is 0.220 e. The molecule has 3 N–H and O–H groups in total. The molecule has 0 radical (unpaired) electrons. The van der Waals surface area contributed by atoms with E-state index in [0.717, 1.165) is 45.7 Å². The van der Waals surface area contributed by atoms with Gasteiger partial charge in [-0.1, -0.05) is 20.8 Å². The van der Waals surface area contributed by atoms with Crippen molar-refractivity contribution in [1.82, 2.24) is 10.2 Å². The Morgan fingerprint density at radius 3 is 2.52 bits per heavy atom. The van der Waals surface area contributed by atoms with Crippen molar-refractivity contribution >= 4 is 5.91 Å². The van der Waals surface area contributed by atoms with Gasteiger partial charge in [-0.2, -0.15) is 0 Å². The zero-order valence-electron chi connectivity index (χ0n) is 13.9. The Labute approximate surface area is 129 Å². The normalized spacial score (nSPS) is 19.5. The molecule has 1 heterocycles. The Balaban J connectivity index is 2.36. The first-order valence-corrected chi connectivity index (χ1v) is 8.31. The van der Waals surface area contributed by atoms with E-state index in [1.54, 1.807) is 0 Å². The SMILES string of the molecule is CC(C)CC(CNC(=O)CCC(C)CN)N1CCOCC1. The molecule has 0 aromatic heterocycles. The van der Waals surface area contributed by atoms with Gasteiger partial charge in [-0.3, -0.25) is 9.69 Å². The molecule has 1 fully saturated rings. The molecule has 2 unspecified atom stereocenters. The monoisotopic (exact) mass is 299 g/mol. The number of hydrogen-bond acceptors (Lipinski definition) is 4. The van der Waals surface area contributed by atoms with Crippen LogP contribution in [-0.2, 0) is 9.53 Å². The summed E-state index contributed by atoms with van der Waals surface area (Å²) in [5, 5.41) is 3.10. The molecule has 1 aliphatic heterocycles.